The van der Waals surface area contributed by atoms with Crippen molar-refractivity contribution in [1.82, 2.24) is 9.55 Å². The highest BCUT2D eigenvalue weighted by Gasteiger charge is 2.33. The van der Waals surface area contributed by atoms with Crippen molar-refractivity contribution in [3.05, 3.63) is 65.6 Å². The van der Waals surface area contributed by atoms with Crippen molar-refractivity contribution in [3.63, 3.8) is 0 Å². The van der Waals surface area contributed by atoms with Gasteiger partial charge in [0.05, 0.1) is 18.4 Å². The van der Waals surface area contributed by atoms with Crippen LogP contribution in [-0.4, -0.2) is 27.7 Å². The second kappa shape index (κ2) is 6.84. The zero-order valence-corrected chi connectivity index (χ0v) is 15.2. The first-order chi connectivity index (χ1) is 13.8. The second-order valence-corrected chi connectivity index (χ2v) is 6.63. The van der Waals surface area contributed by atoms with Gasteiger partial charge in [-0.05, 0) is 35.9 Å². The lowest BCUT2D eigenvalue weighted by Gasteiger charge is -2.24. The van der Waals surface area contributed by atoms with Crippen molar-refractivity contribution in [2.45, 2.75) is 18.5 Å². The van der Waals surface area contributed by atoms with Crippen LogP contribution in [0.3, 0.4) is 0 Å². The Morgan fingerprint density at radius 2 is 2.03 bits per heavy atom. The summed E-state index contributed by atoms with van der Waals surface area (Å²) < 4.78 is 45.6. The first kappa shape index (κ1) is 18.9. The average molecular weight is 403 g/mol. The zero-order valence-electron chi connectivity index (χ0n) is 15.2. The SMILES string of the molecule is COc1ccc([C@@H]2CC(=O)Nc3c2ncn3-c2cccc(C(F)(F)F)c2)cc1O. The molecule has 0 unspecified atom stereocenters. The fourth-order valence-electron chi connectivity index (χ4n) is 3.43. The van der Waals surface area contributed by atoms with Crippen molar-refractivity contribution >= 4 is 11.7 Å². The minimum atomic E-state index is -4.48. The number of anilines is 1. The maximum absolute atomic E-state index is 13.1. The van der Waals surface area contributed by atoms with E-state index >= 15 is 0 Å². The summed E-state index contributed by atoms with van der Waals surface area (Å²) in [7, 11) is 1.43. The van der Waals surface area contributed by atoms with Crippen LogP contribution in [0.15, 0.2) is 48.8 Å². The number of imidazole rings is 1. The lowest BCUT2D eigenvalue weighted by atomic mass is 9.89. The third-order valence-corrected chi connectivity index (χ3v) is 4.83. The number of methoxy groups -OCH3 is 1. The monoisotopic (exact) mass is 403 g/mol. The molecule has 0 aliphatic carbocycles. The Kier molecular flexibility index (Phi) is 4.45. The largest absolute Gasteiger partial charge is 0.504 e. The molecular weight excluding hydrogens is 387 g/mol. The van der Waals surface area contributed by atoms with Crippen LogP contribution in [0.2, 0.25) is 0 Å². The number of carbonyl (C=O) groups excluding carboxylic acids is 1. The quantitative estimate of drug-likeness (QED) is 0.691. The summed E-state index contributed by atoms with van der Waals surface area (Å²) in [6.45, 7) is 0. The van der Waals surface area contributed by atoms with Gasteiger partial charge in [0.15, 0.2) is 11.5 Å². The molecular formula is C20H16F3N3O3. The number of phenolic OH excluding ortho intramolecular Hbond substituents is 1. The molecule has 0 saturated heterocycles. The van der Waals surface area contributed by atoms with Crippen LogP contribution in [0.25, 0.3) is 5.69 Å². The molecule has 3 aromatic rings. The number of rotatable bonds is 3. The van der Waals surface area contributed by atoms with E-state index in [1.165, 1.54) is 36.2 Å². The molecule has 4 rings (SSSR count). The molecule has 0 saturated carbocycles. The van der Waals surface area contributed by atoms with Crippen LogP contribution < -0.4 is 10.1 Å². The molecule has 1 aromatic heterocycles. The van der Waals surface area contributed by atoms with Crippen molar-refractivity contribution in [2.75, 3.05) is 12.4 Å². The van der Waals surface area contributed by atoms with Gasteiger partial charge in [-0.1, -0.05) is 12.1 Å². The van der Waals surface area contributed by atoms with Crippen molar-refractivity contribution < 1.29 is 27.8 Å². The zero-order chi connectivity index (χ0) is 20.8. The van der Waals surface area contributed by atoms with E-state index in [1.54, 1.807) is 12.1 Å². The Hall–Kier alpha value is -3.49. The van der Waals surface area contributed by atoms with Gasteiger partial charge in [-0.3, -0.25) is 9.36 Å². The van der Waals surface area contributed by atoms with Gasteiger partial charge in [-0.15, -0.1) is 0 Å². The highest BCUT2D eigenvalue weighted by atomic mass is 19.4. The van der Waals surface area contributed by atoms with Gasteiger partial charge in [0, 0.05) is 18.0 Å². The van der Waals surface area contributed by atoms with Crippen LogP contribution in [-0.2, 0) is 11.0 Å². The third-order valence-electron chi connectivity index (χ3n) is 4.83. The number of ether oxygens (including phenoxy) is 1. The average Bonchev–Trinajstić information content (AvgIpc) is 3.10. The molecule has 1 aliphatic heterocycles. The molecule has 6 nitrogen and oxygen atoms in total. The summed E-state index contributed by atoms with van der Waals surface area (Å²) in [6, 6.07) is 9.58. The van der Waals surface area contributed by atoms with E-state index in [-0.39, 0.29) is 23.8 Å². The van der Waals surface area contributed by atoms with E-state index in [0.29, 0.717) is 22.8 Å². The maximum Gasteiger partial charge on any atom is 0.416 e. The van der Waals surface area contributed by atoms with Gasteiger partial charge < -0.3 is 15.2 Å². The fourth-order valence-corrected chi connectivity index (χ4v) is 3.43. The molecule has 0 spiro atoms. The lowest BCUT2D eigenvalue weighted by Crippen LogP contribution is -2.25. The maximum atomic E-state index is 13.1. The molecule has 0 bridgehead atoms. The van der Waals surface area contributed by atoms with Crippen LogP contribution >= 0.6 is 0 Å². The van der Waals surface area contributed by atoms with Gasteiger partial charge in [-0.2, -0.15) is 13.2 Å². The summed E-state index contributed by atoms with van der Waals surface area (Å²) in [5.41, 5.74) is 0.587. The smallest absolute Gasteiger partial charge is 0.416 e. The number of nitrogens with zero attached hydrogens (tertiary/aromatic N) is 2. The molecule has 2 aromatic carbocycles. The molecule has 1 amide bonds. The fraction of sp³-hybridized carbons (Fsp3) is 0.200. The molecule has 150 valence electrons. The van der Waals surface area contributed by atoms with Crippen LogP contribution in [0.1, 0.15) is 29.2 Å². The lowest BCUT2D eigenvalue weighted by molar-refractivity contribution is -0.137. The highest BCUT2D eigenvalue weighted by molar-refractivity contribution is 5.94. The van der Waals surface area contributed by atoms with Crippen LogP contribution in [0.5, 0.6) is 11.5 Å². The van der Waals surface area contributed by atoms with E-state index in [4.69, 9.17) is 4.74 Å². The molecule has 0 fully saturated rings. The van der Waals surface area contributed by atoms with Crippen molar-refractivity contribution in [3.8, 4) is 17.2 Å². The third kappa shape index (κ3) is 3.39. The molecule has 1 aliphatic rings. The normalized spacial score (nSPS) is 16.3. The first-order valence-corrected chi connectivity index (χ1v) is 8.69. The number of amides is 1. The number of benzene rings is 2. The Morgan fingerprint density at radius 1 is 1.24 bits per heavy atom. The Balaban J connectivity index is 1.78. The minimum absolute atomic E-state index is 0.0742. The summed E-state index contributed by atoms with van der Waals surface area (Å²) >= 11 is 0. The molecule has 1 atom stereocenters. The Bertz CT molecular complexity index is 1090. The van der Waals surface area contributed by atoms with Gasteiger partial charge in [0.1, 0.15) is 12.1 Å². The summed E-state index contributed by atoms with van der Waals surface area (Å²) in [5.74, 6) is -0.228. The predicted molar refractivity (Wildman–Crippen MR) is 98.3 cm³/mol. The topological polar surface area (TPSA) is 76.4 Å². The number of halogens is 3. The number of aromatic hydroxyl groups is 1. The number of alkyl halides is 3. The van der Waals surface area contributed by atoms with Gasteiger partial charge in [-0.25, -0.2) is 4.98 Å². The standard InChI is InChI=1S/C20H16F3N3O3/c1-29-16-6-5-11(7-15(16)27)14-9-17(28)25-19-18(14)24-10-26(19)13-4-2-3-12(8-13)20(21,22)23/h2-8,10,14,27H,9H2,1H3,(H,25,28)/t14-/m0/s1. The number of nitrogens with one attached hydrogen (secondary N) is 1. The summed E-state index contributed by atoms with van der Waals surface area (Å²) in [4.78, 5) is 16.6. The van der Waals surface area contributed by atoms with Crippen LogP contribution in [0, 0.1) is 0 Å². The van der Waals surface area contributed by atoms with E-state index in [0.717, 1.165) is 12.1 Å². The van der Waals surface area contributed by atoms with E-state index < -0.39 is 17.7 Å². The highest BCUT2D eigenvalue weighted by Crippen LogP contribution is 2.40. The van der Waals surface area contributed by atoms with Crippen LogP contribution in [0.4, 0.5) is 19.0 Å². The molecule has 2 N–H and O–H groups in total. The number of fused-ring (bicyclic) bond motifs is 1. The Labute approximate surface area is 163 Å². The molecule has 9 heteroatoms. The van der Waals surface area contributed by atoms with E-state index in [1.807, 2.05) is 0 Å². The van der Waals surface area contributed by atoms with E-state index in [2.05, 4.69) is 10.3 Å². The van der Waals surface area contributed by atoms with Gasteiger partial charge in [0.2, 0.25) is 5.91 Å². The predicted octanol–water partition coefficient (Wildman–Crippen LogP) is 4.08. The molecule has 29 heavy (non-hydrogen) atoms. The number of phenols is 1. The number of hydrogen-bond donors (Lipinski definition) is 2. The number of hydrogen-bond acceptors (Lipinski definition) is 4. The van der Waals surface area contributed by atoms with Gasteiger partial charge >= 0.3 is 6.18 Å². The molecule has 0 radical (unpaired) electrons. The Morgan fingerprint density at radius 3 is 2.72 bits per heavy atom. The second-order valence-electron chi connectivity index (χ2n) is 6.63. The van der Waals surface area contributed by atoms with Gasteiger partial charge in [0.25, 0.3) is 0 Å². The van der Waals surface area contributed by atoms with E-state index in [9.17, 15) is 23.1 Å². The van der Waals surface area contributed by atoms with Crippen molar-refractivity contribution in [2.24, 2.45) is 0 Å². The minimum Gasteiger partial charge on any atom is -0.504 e. The first-order valence-electron chi connectivity index (χ1n) is 8.69. The number of aromatic nitrogens is 2. The molecule has 2 heterocycles. The van der Waals surface area contributed by atoms with Crippen molar-refractivity contribution in [1.29, 1.82) is 0 Å². The summed E-state index contributed by atoms with van der Waals surface area (Å²) in [6.07, 6.45) is -3.01. The number of carbonyl (C=O) groups is 1. The summed E-state index contributed by atoms with van der Waals surface area (Å²) in [5, 5.41) is 12.8.